The first-order valence-corrected chi connectivity index (χ1v) is 10.6. The minimum Gasteiger partial charge on any atom is -0.0843 e. The van der Waals surface area contributed by atoms with E-state index >= 15 is 0 Å². The Kier molecular flexibility index (Phi) is 3.44. The number of rotatable bonds is 1. The van der Waals surface area contributed by atoms with Gasteiger partial charge < -0.3 is 0 Å². The average molecular weight is 393 g/mol. The molecule has 0 amide bonds. The molecule has 6 rings (SSSR count). The SMILES string of the molecule is CC1(C)c2cc(Cl)ccc2-c2c1cc(-c1ccccc1)c1c2-c2ccccc2C1. The van der Waals surface area contributed by atoms with Gasteiger partial charge in [-0.05, 0) is 80.3 Å². The largest absolute Gasteiger partial charge is 0.0843 e. The summed E-state index contributed by atoms with van der Waals surface area (Å²) in [7, 11) is 0. The van der Waals surface area contributed by atoms with Gasteiger partial charge in [-0.1, -0.05) is 86.1 Å². The van der Waals surface area contributed by atoms with Crippen molar-refractivity contribution in [2.24, 2.45) is 0 Å². The van der Waals surface area contributed by atoms with Gasteiger partial charge in [0.05, 0.1) is 0 Å². The lowest BCUT2D eigenvalue weighted by Crippen LogP contribution is -2.15. The van der Waals surface area contributed by atoms with E-state index in [0.717, 1.165) is 11.4 Å². The third-order valence-corrected chi connectivity index (χ3v) is 7.01. The second kappa shape index (κ2) is 5.84. The Morgan fingerprint density at radius 2 is 1.45 bits per heavy atom. The van der Waals surface area contributed by atoms with Crippen molar-refractivity contribution in [3.8, 4) is 33.4 Å². The summed E-state index contributed by atoms with van der Waals surface area (Å²) in [4.78, 5) is 0. The second-order valence-corrected chi connectivity index (χ2v) is 9.15. The van der Waals surface area contributed by atoms with Crippen molar-refractivity contribution in [3.05, 3.63) is 106 Å². The summed E-state index contributed by atoms with van der Waals surface area (Å²) in [6, 6.07) is 28.6. The minimum atomic E-state index is -0.0777. The van der Waals surface area contributed by atoms with Crippen LogP contribution in [0.25, 0.3) is 33.4 Å². The zero-order chi connectivity index (χ0) is 19.8. The van der Waals surface area contributed by atoms with Gasteiger partial charge in [-0.3, -0.25) is 0 Å². The smallest absolute Gasteiger partial charge is 0.0409 e. The molecule has 29 heavy (non-hydrogen) atoms. The van der Waals surface area contributed by atoms with Gasteiger partial charge >= 0.3 is 0 Å². The van der Waals surface area contributed by atoms with E-state index in [4.69, 9.17) is 11.6 Å². The summed E-state index contributed by atoms with van der Waals surface area (Å²) >= 11 is 6.42. The van der Waals surface area contributed by atoms with E-state index in [1.54, 1.807) is 0 Å². The van der Waals surface area contributed by atoms with Crippen LogP contribution in [0.5, 0.6) is 0 Å². The highest BCUT2D eigenvalue weighted by atomic mass is 35.5. The highest BCUT2D eigenvalue weighted by Gasteiger charge is 2.40. The third kappa shape index (κ3) is 2.27. The molecule has 0 nitrogen and oxygen atoms in total. The Morgan fingerprint density at radius 1 is 0.690 bits per heavy atom. The number of hydrogen-bond acceptors (Lipinski definition) is 0. The molecular formula is C28H21Cl. The Bertz CT molecular complexity index is 1300. The van der Waals surface area contributed by atoms with Crippen molar-refractivity contribution in [1.82, 2.24) is 0 Å². The van der Waals surface area contributed by atoms with Gasteiger partial charge in [0.25, 0.3) is 0 Å². The highest BCUT2D eigenvalue weighted by molar-refractivity contribution is 6.30. The van der Waals surface area contributed by atoms with Crippen LogP contribution in [0.15, 0.2) is 78.9 Å². The number of fused-ring (bicyclic) bond motifs is 7. The van der Waals surface area contributed by atoms with Crippen molar-refractivity contribution in [2.75, 3.05) is 0 Å². The maximum Gasteiger partial charge on any atom is 0.0409 e. The van der Waals surface area contributed by atoms with Crippen LogP contribution < -0.4 is 0 Å². The zero-order valence-corrected chi connectivity index (χ0v) is 17.3. The van der Waals surface area contributed by atoms with Crippen LogP contribution in [0.4, 0.5) is 0 Å². The van der Waals surface area contributed by atoms with E-state index in [9.17, 15) is 0 Å². The van der Waals surface area contributed by atoms with Crippen molar-refractivity contribution in [3.63, 3.8) is 0 Å². The lowest BCUT2D eigenvalue weighted by Gasteiger charge is -2.23. The topological polar surface area (TPSA) is 0 Å². The van der Waals surface area contributed by atoms with Gasteiger partial charge in [-0.25, -0.2) is 0 Å². The molecule has 1 heteroatoms. The fourth-order valence-electron chi connectivity index (χ4n) is 5.36. The van der Waals surface area contributed by atoms with Gasteiger partial charge in [0.15, 0.2) is 0 Å². The summed E-state index contributed by atoms with van der Waals surface area (Å²) in [5, 5.41) is 0.810. The number of benzene rings is 4. The lowest BCUT2D eigenvalue weighted by atomic mass is 9.80. The summed E-state index contributed by atoms with van der Waals surface area (Å²) < 4.78 is 0. The Hall–Kier alpha value is -2.83. The molecule has 0 saturated heterocycles. The predicted molar refractivity (Wildman–Crippen MR) is 123 cm³/mol. The van der Waals surface area contributed by atoms with Gasteiger partial charge in [-0.2, -0.15) is 0 Å². The molecule has 0 N–H and O–H groups in total. The van der Waals surface area contributed by atoms with E-state index in [0.29, 0.717) is 0 Å². The molecule has 0 atom stereocenters. The molecule has 0 heterocycles. The van der Waals surface area contributed by atoms with Crippen LogP contribution in [0.2, 0.25) is 5.02 Å². The summed E-state index contributed by atoms with van der Waals surface area (Å²) in [6.07, 6.45) is 0.992. The van der Waals surface area contributed by atoms with E-state index in [-0.39, 0.29) is 5.41 Å². The van der Waals surface area contributed by atoms with Gasteiger partial charge in [0.1, 0.15) is 0 Å². The van der Waals surface area contributed by atoms with E-state index in [2.05, 4.69) is 86.6 Å². The van der Waals surface area contributed by atoms with Crippen molar-refractivity contribution in [1.29, 1.82) is 0 Å². The van der Waals surface area contributed by atoms with Crippen LogP contribution >= 0.6 is 11.6 Å². The van der Waals surface area contributed by atoms with Crippen molar-refractivity contribution in [2.45, 2.75) is 25.7 Å². The first kappa shape index (κ1) is 17.1. The molecule has 4 aromatic carbocycles. The van der Waals surface area contributed by atoms with E-state index in [1.807, 2.05) is 6.07 Å². The first-order chi connectivity index (χ1) is 14.1. The minimum absolute atomic E-state index is 0.0777. The van der Waals surface area contributed by atoms with Gasteiger partial charge in [-0.15, -0.1) is 0 Å². The third-order valence-electron chi connectivity index (χ3n) is 6.77. The number of hydrogen-bond donors (Lipinski definition) is 0. The Morgan fingerprint density at radius 3 is 2.28 bits per heavy atom. The first-order valence-electron chi connectivity index (χ1n) is 10.2. The Labute approximate surface area is 176 Å². The second-order valence-electron chi connectivity index (χ2n) is 8.72. The molecule has 2 aliphatic rings. The van der Waals surface area contributed by atoms with E-state index < -0.39 is 0 Å². The van der Waals surface area contributed by atoms with Gasteiger partial charge in [0, 0.05) is 10.4 Å². The zero-order valence-electron chi connectivity index (χ0n) is 16.6. The predicted octanol–water partition coefficient (Wildman–Crippen LogP) is 7.88. The quantitative estimate of drug-likeness (QED) is 0.272. The standard InChI is InChI=1S/C28H21Cl/c1-28(2)24-15-19(29)12-13-21(24)27-25(28)16-22(17-8-4-3-5-9-17)23-14-18-10-6-7-11-20(18)26(23)27/h3-13,15-16H,14H2,1-2H3. The van der Waals surface area contributed by atoms with Crippen LogP contribution in [-0.2, 0) is 11.8 Å². The molecule has 0 spiro atoms. The Balaban J connectivity index is 1.77. The van der Waals surface area contributed by atoms with E-state index in [1.165, 1.54) is 55.6 Å². The fourth-order valence-corrected chi connectivity index (χ4v) is 5.53. The van der Waals surface area contributed by atoms with Crippen LogP contribution in [0.1, 0.15) is 36.1 Å². The molecule has 2 aliphatic carbocycles. The molecular weight excluding hydrogens is 372 g/mol. The maximum absolute atomic E-state index is 6.42. The molecule has 0 radical (unpaired) electrons. The molecule has 0 saturated carbocycles. The summed E-state index contributed by atoms with van der Waals surface area (Å²) in [5.41, 5.74) is 13.7. The molecule has 0 unspecified atom stereocenters. The summed E-state index contributed by atoms with van der Waals surface area (Å²) in [5.74, 6) is 0. The summed E-state index contributed by atoms with van der Waals surface area (Å²) in [6.45, 7) is 4.66. The molecule has 0 aliphatic heterocycles. The normalized spacial score (nSPS) is 14.9. The maximum atomic E-state index is 6.42. The number of halogens is 1. The van der Waals surface area contributed by atoms with Crippen LogP contribution in [0, 0.1) is 0 Å². The highest BCUT2D eigenvalue weighted by Crippen LogP contribution is 2.57. The average Bonchev–Trinajstić information content (AvgIpc) is 3.22. The van der Waals surface area contributed by atoms with Gasteiger partial charge in [0.2, 0.25) is 0 Å². The van der Waals surface area contributed by atoms with Crippen LogP contribution in [0.3, 0.4) is 0 Å². The van der Waals surface area contributed by atoms with Crippen molar-refractivity contribution < 1.29 is 0 Å². The fraction of sp³-hybridized carbons (Fsp3) is 0.143. The molecule has 0 aromatic heterocycles. The molecule has 0 bridgehead atoms. The molecule has 4 aromatic rings. The molecule has 140 valence electrons. The molecule has 0 fully saturated rings. The van der Waals surface area contributed by atoms with Crippen molar-refractivity contribution >= 4 is 11.6 Å². The van der Waals surface area contributed by atoms with Crippen LogP contribution in [-0.4, -0.2) is 0 Å². The lowest BCUT2D eigenvalue weighted by molar-refractivity contribution is 0.660. The monoisotopic (exact) mass is 392 g/mol.